The van der Waals surface area contributed by atoms with Gasteiger partial charge in [0.15, 0.2) is 18.1 Å². The molecule has 0 aliphatic carbocycles. The predicted molar refractivity (Wildman–Crippen MR) is 96.0 cm³/mol. The summed E-state index contributed by atoms with van der Waals surface area (Å²) in [7, 11) is 0. The number of hydrogen-bond donors (Lipinski definition) is 0. The molecule has 0 spiro atoms. The number of hydrogen-bond acceptors (Lipinski definition) is 5. The molecule has 1 aromatic rings. The van der Waals surface area contributed by atoms with Gasteiger partial charge in [0.1, 0.15) is 0 Å². The van der Waals surface area contributed by atoms with E-state index >= 15 is 0 Å². The molecule has 6 heteroatoms. The summed E-state index contributed by atoms with van der Waals surface area (Å²) in [6.45, 7) is 9.82. The van der Waals surface area contributed by atoms with Gasteiger partial charge in [-0.1, -0.05) is 13.0 Å². The topological polar surface area (TPSA) is 65.1 Å². The Hall–Kier alpha value is -2.24. The second-order valence-corrected chi connectivity index (χ2v) is 5.47. The molecule has 1 rings (SSSR count). The van der Waals surface area contributed by atoms with E-state index in [0.29, 0.717) is 37.8 Å². The first-order valence-electron chi connectivity index (χ1n) is 8.87. The molecule has 0 bridgehead atoms. The van der Waals surface area contributed by atoms with Crippen molar-refractivity contribution in [2.75, 3.05) is 32.9 Å². The van der Waals surface area contributed by atoms with E-state index in [1.807, 2.05) is 27.7 Å². The van der Waals surface area contributed by atoms with Gasteiger partial charge in [-0.25, -0.2) is 0 Å². The first-order chi connectivity index (χ1) is 12.0. The number of nitrogens with zero attached hydrogens (tertiary/aromatic N) is 1. The Balaban J connectivity index is 2.76. The lowest BCUT2D eigenvalue weighted by Crippen LogP contribution is -2.34. The van der Waals surface area contributed by atoms with Crippen molar-refractivity contribution in [1.29, 1.82) is 0 Å². The Bertz CT molecular complexity index is 555. The molecule has 25 heavy (non-hydrogen) atoms. The minimum Gasteiger partial charge on any atom is -0.490 e. The van der Waals surface area contributed by atoms with Crippen molar-refractivity contribution in [3.8, 4) is 11.5 Å². The lowest BCUT2D eigenvalue weighted by atomic mass is 10.1. The number of esters is 1. The molecular weight excluding hydrogens is 322 g/mol. The van der Waals surface area contributed by atoms with Crippen molar-refractivity contribution in [1.82, 2.24) is 4.90 Å². The molecule has 0 aliphatic heterocycles. The molecule has 0 aliphatic rings. The molecule has 0 fully saturated rings. The van der Waals surface area contributed by atoms with Crippen molar-refractivity contribution in [2.45, 2.75) is 40.5 Å². The van der Waals surface area contributed by atoms with E-state index < -0.39 is 0 Å². The van der Waals surface area contributed by atoms with Crippen molar-refractivity contribution >= 4 is 11.9 Å². The maximum atomic E-state index is 12.1. The number of ether oxygens (including phenoxy) is 3. The second kappa shape index (κ2) is 11.3. The van der Waals surface area contributed by atoms with Crippen LogP contribution in [-0.4, -0.2) is 49.7 Å². The summed E-state index contributed by atoms with van der Waals surface area (Å²) in [6.07, 6.45) is 0.974. The summed E-state index contributed by atoms with van der Waals surface area (Å²) in [6, 6.07) is 5.27. The van der Waals surface area contributed by atoms with Crippen LogP contribution in [0, 0.1) is 0 Å². The summed E-state index contributed by atoms with van der Waals surface area (Å²) in [5, 5.41) is 0. The summed E-state index contributed by atoms with van der Waals surface area (Å²) < 4.78 is 16.3. The van der Waals surface area contributed by atoms with Crippen LogP contribution < -0.4 is 9.47 Å². The van der Waals surface area contributed by atoms with Crippen LogP contribution in [0.3, 0.4) is 0 Å². The third-order valence-electron chi connectivity index (χ3n) is 3.59. The van der Waals surface area contributed by atoms with Gasteiger partial charge in [0.25, 0.3) is 5.91 Å². The molecule has 140 valence electrons. The van der Waals surface area contributed by atoms with Crippen molar-refractivity contribution in [3.63, 3.8) is 0 Å². The van der Waals surface area contributed by atoms with Gasteiger partial charge in [-0.2, -0.15) is 0 Å². The maximum Gasteiger partial charge on any atom is 0.310 e. The Morgan fingerprint density at radius 2 is 1.72 bits per heavy atom. The number of likely N-dealkylation sites (N-methyl/N-ethyl adjacent to an activating group) is 1. The molecule has 0 saturated heterocycles. The standard InChI is InChI=1S/C19H29NO5/c1-5-11-24-19(22)13-15-9-10-16(17(12-15)23-8-4)25-14-18(21)20(6-2)7-3/h9-10,12H,5-8,11,13-14H2,1-4H3. The average Bonchev–Trinajstić information content (AvgIpc) is 2.60. The van der Waals surface area contributed by atoms with Gasteiger partial charge in [0.2, 0.25) is 0 Å². The number of amides is 1. The van der Waals surface area contributed by atoms with E-state index in [-0.39, 0.29) is 24.9 Å². The Kier molecular flexibility index (Phi) is 9.43. The van der Waals surface area contributed by atoms with Gasteiger partial charge in [-0.15, -0.1) is 0 Å². The monoisotopic (exact) mass is 351 g/mol. The van der Waals surface area contributed by atoms with Gasteiger partial charge in [0.05, 0.1) is 19.6 Å². The lowest BCUT2D eigenvalue weighted by molar-refractivity contribution is -0.142. The molecule has 0 saturated carbocycles. The fraction of sp³-hybridized carbons (Fsp3) is 0.579. The summed E-state index contributed by atoms with van der Waals surface area (Å²) >= 11 is 0. The predicted octanol–water partition coefficient (Wildman–Crippen LogP) is 2.83. The SMILES string of the molecule is CCCOC(=O)Cc1ccc(OCC(=O)N(CC)CC)c(OCC)c1. The highest BCUT2D eigenvalue weighted by Gasteiger charge is 2.14. The minimum absolute atomic E-state index is 0.0420. The normalized spacial score (nSPS) is 10.2. The molecule has 1 amide bonds. The van der Waals surface area contributed by atoms with Gasteiger partial charge in [0, 0.05) is 13.1 Å². The highest BCUT2D eigenvalue weighted by Crippen LogP contribution is 2.29. The van der Waals surface area contributed by atoms with Crippen LogP contribution in [0.2, 0.25) is 0 Å². The van der Waals surface area contributed by atoms with Crippen LogP contribution in [-0.2, 0) is 20.7 Å². The molecule has 0 unspecified atom stereocenters. The smallest absolute Gasteiger partial charge is 0.310 e. The largest absolute Gasteiger partial charge is 0.490 e. The van der Waals surface area contributed by atoms with E-state index in [9.17, 15) is 9.59 Å². The molecule has 6 nitrogen and oxygen atoms in total. The highest BCUT2D eigenvalue weighted by atomic mass is 16.5. The molecule has 0 atom stereocenters. The third-order valence-corrected chi connectivity index (χ3v) is 3.59. The van der Waals surface area contributed by atoms with Crippen LogP contribution in [0.25, 0.3) is 0 Å². The number of carbonyl (C=O) groups excluding carboxylic acids is 2. The lowest BCUT2D eigenvalue weighted by Gasteiger charge is -2.19. The minimum atomic E-state index is -0.269. The molecule has 0 aromatic heterocycles. The Morgan fingerprint density at radius 3 is 2.32 bits per heavy atom. The van der Waals surface area contributed by atoms with Crippen molar-refractivity contribution in [2.24, 2.45) is 0 Å². The average molecular weight is 351 g/mol. The van der Waals surface area contributed by atoms with E-state index in [1.54, 1.807) is 23.1 Å². The molecule has 0 heterocycles. The van der Waals surface area contributed by atoms with E-state index in [1.165, 1.54) is 0 Å². The number of rotatable bonds is 11. The maximum absolute atomic E-state index is 12.1. The summed E-state index contributed by atoms with van der Waals surface area (Å²) in [5.41, 5.74) is 0.784. The van der Waals surface area contributed by atoms with Gasteiger partial charge >= 0.3 is 5.97 Å². The van der Waals surface area contributed by atoms with Crippen LogP contribution >= 0.6 is 0 Å². The van der Waals surface area contributed by atoms with Gasteiger partial charge in [-0.3, -0.25) is 9.59 Å². The van der Waals surface area contributed by atoms with E-state index in [2.05, 4.69) is 0 Å². The molecular formula is C19H29NO5. The van der Waals surface area contributed by atoms with E-state index in [4.69, 9.17) is 14.2 Å². The van der Waals surface area contributed by atoms with Crippen molar-refractivity contribution in [3.05, 3.63) is 23.8 Å². The summed E-state index contributed by atoms with van der Waals surface area (Å²) in [4.78, 5) is 25.5. The van der Waals surface area contributed by atoms with Gasteiger partial charge < -0.3 is 19.1 Å². The fourth-order valence-corrected chi connectivity index (χ4v) is 2.29. The summed E-state index contributed by atoms with van der Waals surface area (Å²) in [5.74, 6) is 0.679. The van der Waals surface area contributed by atoms with Gasteiger partial charge in [-0.05, 0) is 44.9 Å². The molecule has 1 aromatic carbocycles. The third kappa shape index (κ3) is 7.03. The Labute approximate surface area is 150 Å². The highest BCUT2D eigenvalue weighted by molar-refractivity contribution is 5.77. The zero-order valence-electron chi connectivity index (χ0n) is 15.7. The van der Waals surface area contributed by atoms with Crippen LogP contribution in [0.15, 0.2) is 18.2 Å². The second-order valence-electron chi connectivity index (χ2n) is 5.47. The zero-order valence-corrected chi connectivity index (χ0v) is 15.7. The van der Waals surface area contributed by atoms with Crippen LogP contribution in [0.1, 0.15) is 39.7 Å². The van der Waals surface area contributed by atoms with Crippen LogP contribution in [0.5, 0.6) is 11.5 Å². The fourth-order valence-electron chi connectivity index (χ4n) is 2.29. The first kappa shape index (κ1) is 20.8. The quantitative estimate of drug-likeness (QED) is 0.574. The van der Waals surface area contributed by atoms with E-state index in [0.717, 1.165) is 12.0 Å². The van der Waals surface area contributed by atoms with Crippen LogP contribution in [0.4, 0.5) is 0 Å². The molecule has 0 radical (unpaired) electrons. The Morgan fingerprint density at radius 1 is 1.00 bits per heavy atom. The molecule has 0 N–H and O–H groups in total. The number of carbonyl (C=O) groups is 2. The zero-order chi connectivity index (χ0) is 18.7. The van der Waals surface area contributed by atoms with Crippen molar-refractivity contribution < 1.29 is 23.8 Å². The first-order valence-corrected chi connectivity index (χ1v) is 8.87. The number of benzene rings is 1.